The smallest absolute Gasteiger partial charge is 0.538 e. The predicted octanol–water partition coefficient (Wildman–Crippen LogP) is 1.56. The largest absolute Gasteiger partial charge is 1.00 e. The summed E-state index contributed by atoms with van der Waals surface area (Å²) >= 11 is 6.98. The van der Waals surface area contributed by atoms with Crippen molar-refractivity contribution >= 4 is 44.6 Å². The number of benzene rings is 1. The molecule has 1 aliphatic rings. The fourth-order valence-corrected chi connectivity index (χ4v) is 5.26. The number of fused-ring (bicyclic) bond motifs is 1. The molecule has 3 aromatic rings. The Balaban J connectivity index is 0.00000256. The molecule has 1 aromatic carbocycles. The molecule has 0 spiro atoms. The molecule has 3 heterocycles. The summed E-state index contributed by atoms with van der Waals surface area (Å²) in [6, 6.07) is 4.86. The van der Waals surface area contributed by atoms with Gasteiger partial charge in [-0.1, -0.05) is 16.8 Å². The second-order valence-electron chi connectivity index (χ2n) is 6.30. The number of ketones is 1. The normalized spacial score (nSPS) is 12.5. The van der Waals surface area contributed by atoms with Crippen LogP contribution in [-0.2, 0) is 16.4 Å². The fraction of sp³-hybridized carbons (Fsp3) is 0.222. The number of halogens is 1. The van der Waals surface area contributed by atoms with Crippen LogP contribution in [0.2, 0.25) is 5.02 Å². The topological polar surface area (TPSA) is 110 Å². The Kier molecular flexibility index (Phi) is 6.85. The van der Waals surface area contributed by atoms with E-state index in [9.17, 15) is 13.2 Å². The molecule has 2 aromatic heterocycles. The van der Waals surface area contributed by atoms with Gasteiger partial charge >= 0.3 is 29.6 Å². The first kappa shape index (κ1) is 23.1. The van der Waals surface area contributed by atoms with Crippen LogP contribution < -0.4 is 39.0 Å². The quantitative estimate of drug-likeness (QED) is 0.392. The van der Waals surface area contributed by atoms with Crippen LogP contribution in [0.5, 0.6) is 11.5 Å². The number of thiophene rings is 1. The number of aryl methyl sites for hydroxylation is 2. The number of carbonyl (C=O) groups excluding carboxylic acids is 1. The minimum Gasteiger partial charge on any atom is -0.538 e. The van der Waals surface area contributed by atoms with Gasteiger partial charge in [-0.25, -0.2) is 8.42 Å². The van der Waals surface area contributed by atoms with E-state index in [1.807, 2.05) is 6.92 Å². The van der Waals surface area contributed by atoms with Crippen molar-refractivity contribution in [2.24, 2.45) is 0 Å². The number of sulfonamides is 1. The zero-order chi connectivity index (χ0) is 20.8. The van der Waals surface area contributed by atoms with Gasteiger partial charge in [-0.15, -0.1) is 11.3 Å². The van der Waals surface area contributed by atoms with E-state index < -0.39 is 10.0 Å². The van der Waals surface area contributed by atoms with E-state index in [0.29, 0.717) is 17.2 Å². The maximum absolute atomic E-state index is 12.9. The van der Waals surface area contributed by atoms with E-state index in [2.05, 4.69) is 9.88 Å². The molecule has 12 heteroatoms. The van der Waals surface area contributed by atoms with Crippen molar-refractivity contribution in [1.29, 1.82) is 0 Å². The second-order valence-corrected chi connectivity index (χ2v) is 9.17. The summed E-state index contributed by atoms with van der Waals surface area (Å²) in [6.07, 6.45) is 0.00762. The van der Waals surface area contributed by atoms with Crippen LogP contribution in [0.1, 0.15) is 26.5 Å². The van der Waals surface area contributed by atoms with Crippen molar-refractivity contribution in [2.75, 3.05) is 6.79 Å². The summed E-state index contributed by atoms with van der Waals surface area (Å²) in [5.74, 6) is 0.509. The maximum atomic E-state index is 12.9. The van der Waals surface area contributed by atoms with Gasteiger partial charge < -0.3 is 18.7 Å². The predicted molar refractivity (Wildman–Crippen MR) is 106 cm³/mol. The van der Waals surface area contributed by atoms with Gasteiger partial charge in [0.15, 0.2) is 17.3 Å². The summed E-state index contributed by atoms with van der Waals surface area (Å²) in [6.45, 7) is 3.54. The summed E-state index contributed by atoms with van der Waals surface area (Å²) in [5.41, 5.74) is 1.89. The number of ether oxygens (including phenoxy) is 2. The molecule has 0 aliphatic carbocycles. The molecule has 0 saturated carbocycles. The molecule has 30 heavy (non-hydrogen) atoms. The van der Waals surface area contributed by atoms with Gasteiger partial charge in [0.05, 0.1) is 26.4 Å². The third kappa shape index (κ3) is 4.39. The van der Waals surface area contributed by atoms with E-state index in [1.54, 1.807) is 19.1 Å². The number of nitrogens with zero attached hydrogens (tertiary/aromatic N) is 2. The Labute approximate surface area is 203 Å². The standard InChI is InChI=1S/C18H14ClN2O6S2.Na/c1-9-5-13-14(26-8-25-13)7-11(9)6-12(22)17-15(3-4-28-17)29(23,24)21-18-16(19)10(2)20-27-18;/h3-5,7H,6,8H2,1-2H3;/q-1;+1. The molecule has 0 N–H and O–H groups in total. The van der Waals surface area contributed by atoms with Crippen LogP contribution in [0.25, 0.3) is 4.72 Å². The third-order valence-electron chi connectivity index (χ3n) is 4.32. The van der Waals surface area contributed by atoms with Crippen molar-refractivity contribution in [3.05, 3.63) is 55.0 Å². The Morgan fingerprint density at radius 2 is 1.97 bits per heavy atom. The van der Waals surface area contributed by atoms with E-state index in [4.69, 9.17) is 25.6 Å². The SMILES string of the molecule is Cc1cc2c(cc1CC(=O)c1sccc1S(=O)(=O)[N-]c1onc(C)c1Cl)OCO2.[Na+]. The summed E-state index contributed by atoms with van der Waals surface area (Å²) in [5, 5.41) is 5.11. The molecule has 0 unspecified atom stereocenters. The average Bonchev–Trinajstić information content (AvgIpc) is 3.39. The van der Waals surface area contributed by atoms with Gasteiger partial charge in [-0.05, 0) is 48.6 Å². The Hall–Kier alpha value is -1.56. The zero-order valence-corrected chi connectivity index (χ0v) is 20.7. The van der Waals surface area contributed by atoms with Gasteiger partial charge in [0.2, 0.25) is 6.79 Å². The number of rotatable bonds is 6. The second kappa shape index (κ2) is 8.89. The molecule has 0 fully saturated rings. The minimum absolute atomic E-state index is 0. The van der Waals surface area contributed by atoms with Crippen molar-refractivity contribution in [2.45, 2.75) is 25.2 Å². The molecular formula is C18H14ClN2NaO6S2. The first-order chi connectivity index (χ1) is 13.8. The number of hydrogen-bond donors (Lipinski definition) is 0. The van der Waals surface area contributed by atoms with Gasteiger partial charge in [0.1, 0.15) is 10.0 Å². The fourth-order valence-electron chi connectivity index (χ4n) is 2.79. The molecule has 4 rings (SSSR count). The number of Topliss-reactive ketones (excluding diaryl/α,β-unsaturated/α-hetero) is 1. The summed E-state index contributed by atoms with van der Waals surface area (Å²) in [7, 11) is -4.22. The van der Waals surface area contributed by atoms with Gasteiger partial charge in [0, 0.05) is 6.42 Å². The van der Waals surface area contributed by atoms with Crippen LogP contribution in [0.3, 0.4) is 0 Å². The Morgan fingerprint density at radius 1 is 1.27 bits per heavy atom. The monoisotopic (exact) mass is 476 g/mol. The van der Waals surface area contributed by atoms with Crippen LogP contribution in [0, 0.1) is 13.8 Å². The van der Waals surface area contributed by atoms with E-state index in [-0.39, 0.29) is 69.2 Å². The molecule has 0 atom stereocenters. The molecule has 0 amide bonds. The van der Waals surface area contributed by atoms with Crippen LogP contribution in [0.4, 0.5) is 5.88 Å². The molecular weight excluding hydrogens is 463 g/mol. The summed E-state index contributed by atoms with van der Waals surface area (Å²) in [4.78, 5) is 12.8. The number of aromatic nitrogens is 1. The number of hydrogen-bond acceptors (Lipinski definition) is 8. The molecule has 1 aliphatic heterocycles. The Morgan fingerprint density at radius 3 is 2.63 bits per heavy atom. The number of carbonyl (C=O) groups is 1. The molecule has 8 nitrogen and oxygen atoms in total. The van der Waals surface area contributed by atoms with E-state index >= 15 is 0 Å². The van der Waals surface area contributed by atoms with E-state index in [0.717, 1.165) is 22.5 Å². The van der Waals surface area contributed by atoms with Crippen LogP contribution >= 0.6 is 22.9 Å². The van der Waals surface area contributed by atoms with Crippen molar-refractivity contribution in [1.82, 2.24) is 5.16 Å². The maximum Gasteiger partial charge on any atom is 1.00 e. The van der Waals surface area contributed by atoms with Crippen LogP contribution in [-0.4, -0.2) is 26.2 Å². The minimum atomic E-state index is -4.22. The van der Waals surface area contributed by atoms with Gasteiger partial charge in [-0.3, -0.25) is 4.79 Å². The first-order valence-electron chi connectivity index (χ1n) is 8.36. The molecule has 152 valence electrons. The first-order valence-corrected chi connectivity index (χ1v) is 11.1. The van der Waals surface area contributed by atoms with Crippen molar-refractivity contribution < 1.29 is 56.8 Å². The summed E-state index contributed by atoms with van der Waals surface area (Å²) < 4.78 is 44.6. The molecule has 0 radical (unpaired) electrons. The van der Waals surface area contributed by atoms with Crippen LogP contribution in [0.15, 0.2) is 33.0 Å². The van der Waals surface area contributed by atoms with E-state index in [1.165, 1.54) is 11.4 Å². The Bertz CT molecular complexity index is 1220. The third-order valence-corrected chi connectivity index (χ3v) is 7.14. The van der Waals surface area contributed by atoms with Gasteiger partial charge in [0.25, 0.3) is 0 Å². The van der Waals surface area contributed by atoms with Crippen molar-refractivity contribution in [3.8, 4) is 11.5 Å². The average molecular weight is 477 g/mol. The zero-order valence-electron chi connectivity index (χ0n) is 16.3. The molecule has 0 saturated heterocycles. The van der Waals surface area contributed by atoms with Gasteiger partial charge in [-0.2, -0.15) is 0 Å². The van der Waals surface area contributed by atoms with Crippen molar-refractivity contribution in [3.63, 3.8) is 0 Å². The molecule has 0 bridgehead atoms.